The molecule has 0 fully saturated rings. The molecule has 1 aromatic carbocycles. The first-order valence-corrected chi connectivity index (χ1v) is 6.77. The van der Waals surface area contributed by atoms with Crippen LogP contribution in [0.2, 0.25) is 0 Å². The van der Waals surface area contributed by atoms with Crippen molar-refractivity contribution in [2.45, 2.75) is 0 Å². The maximum Gasteiger partial charge on any atom is 0.162 e. The second kappa shape index (κ2) is 4.97. The van der Waals surface area contributed by atoms with Crippen LogP contribution in [0.3, 0.4) is 0 Å². The van der Waals surface area contributed by atoms with Crippen molar-refractivity contribution in [2.75, 3.05) is 20.0 Å². The largest absolute Gasteiger partial charge is 0.493 e. The molecule has 0 bridgehead atoms. The maximum atomic E-state index is 6.09. The molecule has 2 aromatic heterocycles. The Hall–Kier alpha value is -2.34. The normalized spacial score (nSPS) is 10.7. The van der Waals surface area contributed by atoms with Crippen molar-refractivity contribution < 1.29 is 9.47 Å². The molecule has 0 unspecified atom stereocenters. The molecule has 0 aliphatic heterocycles. The molecule has 5 nitrogen and oxygen atoms in total. The summed E-state index contributed by atoms with van der Waals surface area (Å²) in [6.45, 7) is 0. The fourth-order valence-corrected chi connectivity index (χ4v) is 2.95. The Kier molecular flexibility index (Phi) is 3.15. The fraction of sp³-hybridized carbons (Fsp3) is 0.143. The molecular weight excluding hydrogens is 274 g/mol. The van der Waals surface area contributed by atoms with Gasteiger partial charge in [0.15, 0.2) is 11.5 Å². The van der Waals surface area contributed by atoms with Crippen molar-refractivity contribution in [3.63, 3.8) is 0 Å². The molecule has 2 heterocycles. The van der Waals surface area contributed by atoms with Crippen molar-refractivity contribution >= 4 is 27.2 Å². The molecule has 0 atom stereocenters. The van der Waals surface area contributed by atoms with Crippen LogP contribution < -0.4 is 15.2 Å². The zero-order valence-electron chi connectivity index (χ0n) is 11.1. The number of nitrogens with two attached hydrogens (primary N) is 1. The number of aromatic nitrogens is 2. The molecule has 0 spiro atoms. The molecule has 0 aliphatic rings. The Labute approximate surface area is 120 Å². The fourth-order valence-electron chi connectivity index (χ4n) is 1.98. The zero-order valence-corrected chi connectivity index (χ0v) is 11.9. The van der Waals surface area contributed by atoms with E-state index in [1.165, 1.54) is 0 Å². The van der Waals surface area contributed by atoms with Gasteiger partial charge in [0.05, 0.1) is 25.1 Å². The van der Waals surface area contributed by atoms with Gasteiger partial charge in [-0.25, -0.2) is 4.98 Å². The van der Waals surface area contributed by atoms with E-state index in [1.54, 1.807) is 44.0 Å². The lowest BCUT2D eigenvalue weighted by Gasteiger charge is -2.10. The van der Waals surface area contributed by atoms with Crippen LogP contribution in [0, 0.1) is 0 Å². The summed E-state index contributed by atoms with van der Waals surface area (Å²) in [6, 6.07) is 5.53. The third-order valence-electron chi connectivity index (χ3n) is 2.98. The summed E-state index contributed by atoms with van der Waals surface area (Å²) in [5.74, 6) is 1.24. The predicted molar refractivity (Wildman–Crippen MR) is 80.4 cm³/mol. The standard InChI is InChI=1S/C14H13N3O2S/c1-18-11-5-8(9(15)6-12(11)19-2)14-17-10-7-16-4-3-13(10)20-14/h3-7H,15H2,1-2H3. The lowest BCUT2D eigenvalue weighted by atomic mass is 10.1. The highest BCUT2D eigenvalue weighted by Crippen LogP contribution is 2.39. The Balaban J connectivity index is 2.18. The van der Waals surface area contributed by atoms with Gasteiger partial charge in [-0.05, 0) is 12.1 Å². The minimum absolute atomic E-state index is 0.606. The monoisotopic (exact) mass is 287 g/mol. The number of ether oxygens (including phenoxy) is 2. The number of hydrogen-bond acceptors (Lipinski definition) is 6. The number of benzene rings is 1. The number of pyridine rings is 1. The van der Waals surface area contributed by atoms with Crippen molar-refractivity contribution in [1.29, 1.82) is 0 Å². The molecule has 0 saturated heterocycles. The molecule has 2 N–H and O–H groups in total. The molecule has 0 saturated carbocycles. The van der Waals surface area contributed by atoms with Gasteiger partial charge in [-0.3, -0.25) is 4.98 Å². The van der Waals surface area contributed by atoms with E-state index >= 15 is 0 Å². The summed E-state index contributed by atoms with van der Waals surface area (Å²) in [5.41, 5.74) is 8.40. The van der Waals surface area contributed by atoms with E-state index < -0.39 is 0 Å². The van der Waals surface area contributed by atoms with E-state index in [0.29, 0.717) is 17.2 Å². The first-order valence-electron chi connectivity index (χ1n) is 5.95. The molecule has 0 radical (unpaired) electrons. The van der Waals surface area contributed by atoms with E-state index in [4.69, 9.17) is 15.2 Å². The van der Waals surface area contributed by atoms with Crippen LogP contribution in [0.5, 0.6) is 11.5 Å². The third kappa shape index (κ3) is 2.04. The molecule has 0 aliphatic carbocycles. The van der Waals surface area contributed by atoms with Crippen LogP contribution in [0.15, 0.2) is 30.6 Å². The summed E-state index contributed by atoms with van der Waals surface area (Å²) in [7, 11) is 3.18. The topological polar surface area (TPSA) is 70.3 Å². The summed E-state index contributed by atoms with van der Waals surface area (Å²) in [4.78, 5) is 8.63. The predicted octanol–water partition coefficient (Wildman–Crippen LogP) is 2.96. The highest BCUT2D eigenvalue weighted by Gasteiger charge is 2.14. The van der Waals surface area contributed by atoms with Crippen molar-refractivity contribution in [3.05, 3.63) is 30.6 Å². The summed E-state index contributed by atoms with van der Waals surface area (Å²) in [5, 5.41) is 0.839. The van der Waals surface area contributed by atoms with Gasteiger partial charge in [0.2, 0.25) is 0 Å². The third-order valence-corrected chi connectivity index (χ3v) is 4.05. The van der Waals surface area contributed by atoms with Crippen LogP contribution in [0.25, 0.3) is 20.8 Å². The molecule has 3 rings (SSSR count). The van der Waals surface area contributed by atoms with Crippen LogP contribution in [0.1, 0.15) is 0 Å². The van der Waals surface area contributed by atoms with Gasteiger partial charge < -0.3 is 15.2 Å². The summed E-state index contributed by atoms with van der Waals surface area (Å²) >= 11 is 1.57. The highest BCUT2D eigenvalue weighted by atomic mass is 32.1. The highest BCUT2D eigenvalue weighted by molar-refractivity contribution is 7.21. The van der Waals surface area contributed by atoms with Gasteiger partial charge >= 0.3 is 0 Å². The van der Waals surface area contributed by atoms with Crippen molar-refractivity contribution in [3.8, 4) is 22.1 Å². The van der Waals surface area contributed by atoms with Gasteiger partial charge in [-0.1, -0.05) is 0 Å². The van der Waals surface area contributed by atoms with Crippen molar-refractivity contribution in [2.24, 2.45) is 0 Å². The minimum Gasteiger partial charge on any atom is -0.493 e. The van der Waals surface area contributed by atoms with Crippen LogP contribution in [-0.2, 0) is 0 Å². The Bertz CT molecular complexity index is 737. The first kappa shape index (κ1) is 12.7. The number of methoxy groups -OCH3 is 2. The molecule has 20 heavy (non-hydrogen) atoms. The Morgan fingerprint density at radius 3 is 2.60 bits per heavy atom. The van der Waals surface area contributed by atoms with E-state index in [2.05, 4.69) is 9.97 Å². The average molecular weight is 287 g/mol. The quantitative estimate of drug-likeness (QED) is 0.750. The van der Waals surface area contributed by atoms with Gasteiger partial charge in [0.1, 0.15) is 10.5 Å². The zero-order chi connectivity index (χ0) is 14.1. The lowest BCUT2D eigenvalue weighted by molar-refractivity contribution is 0.355. The summed E-state index contributed by atoms with van der Waals surface area (Å²) < 4.78 is 11.6. The molecule has 6 heteroatoms. The van der Waals surface area contributed by atoms with E-state index in [0.717, 1.165) is 20.8 Å². The molecule has 3 aromatic rings. The number of thiazole rings is 1. The SMILES string of the molecule is COc1cc(N)c(-c2nc3cnccc3s2)cc1OC. The van der Waals surface area contributed by atoms with Gasteiger partial charge in [0, 0.05) is 23.5 Å². The minimum atomic E-state index is 0.606. The smallest absolute Gasteiger partial charge is 0.162 e. The number of fused-ring (bicyclic) bond motifs is 1. The van der Waals surface area contributed by atoms with Crippen molar-refractivity contribution in [1.82, 2.24) is 9.97 Å². The van der Waals surface area contributed by atoms with Gasteiger partial charge in [0.25, 0.3) is 0 Å². The Morgan fingerprint density at radius 2 is 1.90 bits per heavy atom. The van der Waals surface area contributed by atoms with Crippen LogP contribution >= 0.6 is 11.3 Å². The number of anilines is 1. The first-order chi connectivity index (χ1) is 9.72. The lowest BCUT2D eigenvalue weighted by Crippen LogP contribution is -1.95. The van der Waals surface area contributed by atoms with Gasteiger partial charge in [-0.15, -0.1) is 11.3 Å². The molecule has 0 amide bonds. The number of rotatable bonds is 3. The van der Waals surface area contributed by atoms with E-state index in [-0.39, 0.29) is 0 Å². The van der Waals surface area contributed by atoms with Crippen LogP contribution in [0.4, 0.5) is 5.69 Å². The molecule has 102 valence electrons. The Morgan fingerprint density at radius 1 is 1.15 bits per heavy atom. The molecular formula is C14H13N3O2S. The summed E-state index contributed by atoms with van der Waals surface area (Å²) in [6.07, 6.45) is 3.49. The maximum absolute atomic E-state index is 6.09. The second-order valence-electron chi connectivity index (χ2n) is 4.16. The second-order valence-corrected chi connectivity index (χ2v) is 5.19. The average Bonchev–Trinajstić information content (AvgIpc) is 2.90. The van der Waals surface area contributed by atoms with E-state index in [9.17, 15) is 0 Å². The van der Waals surface area contributed by atoms with E-state index in [1.807, 2.05) is 12.1 Å². The number of nitrogens with zero attached hydrogens (tertiary/aromatic N) is 2. The van der Waals surface area contributed by atoms with Crippen LogP contribution in [-0.4, -0.2) is 24.2 Å². The van der Waals surface area contributed by atoms with Gasteiger partial charge in [-0.2, -0.15) is 0 Å². The number of hydrogen-bond donors (Lipinski definition) is 1. The number of nitrogen functional groups attached to an aromatic ring is 1.